The second kappa shape index (κ2) is 8.10. The quantitative estimate of drug-likeness (QED) is 0.706. The number of hydrogen-bond acceptors (Lipinski definition) is 5. The van der Waals surface area contributed by atoms with E-state index >= 15 is 0 Å². The van der Waals surface area contributed by atoms with Gasteiger partial charge in [-0.3, -0.25) is 9.59 Å². The van der Waals surface area contributed by atoms with Crippen molar-refractivity contribution in [3.63, 3.8) is 0 Å². The van der Waals surface area contributed by atoms with Crippen molar-refractivity contribution in [3.8, 4) is 17.2 Å². The largest absolute Gasteiger partial charge is 0.483 e. The zero-order valence-electron chi connectivity index (χ0n) is 16.2. The maximum absolute atomic E-state index is 12.4. The van der Waals surface area contributed by atoms with E-state index in [-0.39, 0.29) is 31.0 Å². The molecule has 148 valence electrons. The van der Waals surface area contributed by atoms with Crippen LogP contribution in [0, 0.1) is 6.92 Å². The third-order valence-corrected chi connectivity index (χ3v) is 4.85. The first kappa shape index (κ1) is 20.0. The van der Waals surface area contributed by atoms with E-state index in [1.54, 1.807) is 12.1 Å². The molecule has 1 heterocycles. The Hall–Kier alpha value is -2.73. The van der Waals surface area contributed by atoms with Gasteiger partial charge in [-0.15, -0.1) is 0 Å². The van der Waals surface area contributed by atoms with Crippen LogP contribution in [0.25, 0.3) is 0 Å². The smallest absolute Gasteiger partial charge is 0.262 e. The van der Waals surface area contributed by atoms with Crippen molar-refractivity contribution in [3.05, 3.63) is 46.0 Å². The van der Waals surface area contributed by atoms with Crippen LogP contribution in [0.15, 0.2) is 24.3 Å². The Bertz CT molecular complexity index is 939. The highest BCUT2D eigenvalue weighted by Gasteiger charge is 2.21. The monoisotopic (exact) mass is 403 g/mol. The van der Waals surface area contributed by atoms with Crippen LogP contribution in [0.4, 0.5) is 5.69 Å². The van der Waals surface area contributed by atoms with Crippen molar-refractivity contribution in [2.75, 3.05) is 18.7 Å². The molecule has 6 nitrogen and oxygen atoms in total. The average molecular weight is 404 g/mol. The minimum atomic E-state index is -0.385. The van der Waals surface area contributed by atoms with E-state index in [9.17, 15) is 9.59 Å². The second-order valence-corrected chi connectivity index (χ2v) is 7.35. The maximum atomic E-state index is 12.4. The van der Waals surface area contributed by atoms with Crippen molar-refractivity contribution in [2.24, 2.45) is 0 Å². The van der Waals surface area contributed by atoms with Gasteiger partial charge in [0, 0.05) is 16.7 Å². The van der Waals surface area contributed by atoms with Crippen LogP contribution >= 0.6 is 11.6 Å². The summed E-state index contributed by atoms with van der Waals surface area (Å²) in [5.41, 5.74) is 2.51. The Balaban J connectivity index is 1.76. The van der Waals surface area contributed by atoms with Crippen molar-refractivity contribution < 1.29 is 23.8 Å². The van der Waals surface area contributed by atoms with E-state index in [1.807, 2.05) is 32.9 Å². The van der Waals surface area contributed by atoms with Crippen LogP contribution in [0.3, 0.4) is 0 Å². The highest BCUT2D eigenvalue weighted by Crippen LogP contribution is 2.37. The summed E-state index contributed by atoms with van der Waals surface area (Å²) in [7, 11) is 0. The number of fused-ring (bicyclic) bond motifs is 1. The molecule has 28 heavy (non-hydrogen) atoms. The standard InChI is InChI=1S/C21H22ClNO5/c1-11(2)14-6-16(22)12(3)5-18(14)26-9-21(25)23-17-8-20-19(27-10-28-20)7-15(17)13(4)24/h5-8,11H,9-10H2,1-4H3,(H,23,25). The van der Waals surface area contributed by atoms with Crippen LogP contribution in [0.2, 0.25) is 5.02 Å². The first-order valence-corrected chi connectivity index (χ1v) is 9.31. The van der Waals surface area contributed by atoms with Gasteiger partial charge in [-0.25, -0.2) is 0 Å². The fourth-order valence-corrected chi connectivity index (χ4v) is 3.08. The maximum Gasteiger partial charge on any atom is 0.262 e. The third-order valence-electron chi connectivity index (χ3n) is 4.44. The number of anilines is 1. The van der Waals surface area contributed by atoms with E-state index in [4.69, 9.17) is 25.8 Å². The molecule has 0 atom stereocenters. The molecule has 0 spiro atoms. The minimum absolute atomic E-state index is 0.0844. The normalized spacial score (nSPS) is 12.2. The van der Waals surface area contributed by atoms with Crippen LogP contribution in [-0.2, 0) is 4.79 Å². The Kier molecular flexibility index (Phi) is 5.79. The molecule has 1 N–H and O–H groups in total. The molecule has 0 saturated heterocycles. The van der Waals surface area contributed by atoms with Gasteiger partial charge in [0.05, 0.1) is 5.69 Å². The van der Waals surface area contributed by atoms with Crippen molar-refractivity contribution in [1.29, 1.82) is 0 Å². The summed E-state index contributed by atoms with van der Waals surface area (Å²) in [5, 5.41) is 3.38. The van der Waals surface area contributed by atoms with Crippen LogP contribution in [0.1, 0.15) is 48.2 Å². The molecular formula is C21H22ClNO5. The number of halogens is 1. The molecule has 0 unspecified atom stereocenters. The summed E-state index contributed by atoms with van der Waals surface area (Å²) in [6, 6.07) is 6.84. The summed E-state index contributed by atoms with van der Waals surface area (Å²) < 4.78 is 16.4. The lowest BCUT2D eigenvalue weighted by Gasteiger charge is -2.16. The highest BCUT2D eigenvalue weighted by atomic mass is 35.5. The number of carbonyl (C=O) groups is 2. The molecule has 1 aliphatic heterocycles. The Morgan fingerprint density at radius 3 is 2.50 bits per heavy atom. The summed E-state index contributed by atoms with van der Waals surface area (Å²) in [6.07, 6.45) is 0. The van der Waals surface area contributed by atoms with E-state index in [0.29, 0.717) is 33.5 Å². The first-order chi connectivity index (χ1) is 13.3. The van der Waals surface area contributed by atoms with Gasteiger partial charge >= 0.3 is 0 Å². The number of ether oxygens (including phenoxy) is 3. The molecule has 7 heteroatoms. The second-order valence-electron chi connectivity index (χ2n) is 6.94. The Morgan fingerprint density at radius 1 is 1.18 bits per heavy atom. The Labute approximate surface area is 168 Å². The van der Waals surface area contributed by atoms with Gasteiger partial charge in [0.2, 0.25) is 6.79 Å². The zero-order chi connectivity index (χ0) is 20.4. The number of Topliss-reactive ketones (excluding diaryl/α,β-unsaturated/α-hetero) is 1. The molecule has 0 radical (unpaired) electrons. The van der Waals surface area contributed by atoms with Gasteiger partial charge < -0.3 is 19.5 Å². The number of hydrogen-bond donors (Lipinski definition) is 1. The highest BCUT2D eigenvalue weighted by molar-refractivity contribution is 6.31. The predicted octanol–water partition coefficient (Wildman–Crippen LogP) is 4.72. The van der Waals surface area contributed by atoms with Crippen molar-refractivity contribution in [1.82, 2.24) is 0 Å². The van der Waals surface area contributed by atoms with Crippen molar-refractivity contribution in [2.45, 2.75) is 33.6 Å². The number of benzene rings is 2. The minimum Gasteiger partial charge on any atom is -0.483 e. The van der Waals surface area contributed by atoms with E-state index in [1.165, 1.54) is 6.92 Å². The van der Waals surface area contributed by atoms with E-state index in [2.05, 4.69) is 5.32 Å². The van der Waals surface area contributed by atoms with Gasteiger partial charge in [0.25, 0.3) is 5.91 Å². The molecule has 0 bridgehead atoms. The van der Waals surface area contributed by atoms with Gasteiger partial charge in [0.1, 0.15) is 5.75 Å². The molecule has 1 amide bonds. The van der Waals surface area contributed by atoms with E-state index < -0.39 is 0 Å². The SMILES string of the molecule is CC(=O)c1cc2c(cc1NC(=O)COc1cc(C)c(Cl)cc1C(C)C)OCO2. The summed E-state index contributed by atoms with van der Waals surface area (Å²) in [5.74, 6) is 1.20. The van der Waals surface area contributed by atoms with Crippen LogP contribution in [-0.4, -0.2) is 25.1 Å². The fourth-order valence-electron chi connectivity index (χ4n) is 2.91. The number of rotatable bonds is 6. The lowest BCUT2D eigenvalue weighted by Crippen LogP contribution is -2.22. The number of ketones is 1. The first-order valence-electron chi connectivity index (χ1n) is 8.93. The molecule has 2 aromatic rings. The lowest BCUT2D eigenvalue weighted by molar-refractivity contribution is -0.118. The molecule has 0 saturated carbocycles. The summed E-state index contributed by atoms with van der Waals surface area (Å²) in [6.45, 7) is 7.24. The molecule has 3 rings (SSSR count). The predicted molar refractivity (Wildman–Crippen MR) is 107 cm³/mol. The average Bonchev–Trinajstić information content (AvgIpc) is 3.08. The fraction of sp³-hybridized carbons (Fsp3) is 0.333. The number of carbonyl (C=O) groups excluding carboxylic acids is 2. The molecule has 0 aliphatic carbocycles. The van der Waals surface area contributed by atoms with Gasteiger partial charge in [-0.1, -0.05) is 25.4 Å². The van der Waals surface area contributed by atoms with Crippen LogP contribution in [0.5, 0.6) is 17.2 Å². The molecule has 2 aromatic carbocycles. The van der Waals surface area contributed by atoms with Gasteiger partial charge in [-0.2, -0.15) is 0 Å². The molecular weight excluding hydrogens is 382 g/mol. The van der Waals surface area contributed by atoms with Crippen molar-refractivity contribution >= 4 is 29.0 Å². The van der Waals surface area contributed by atoms with Gasteiger partial charge in [-0.05, 0) is 49.1 Å². The zero-order valence-corrected chi connectivity index (χ0v) is 17.0. The topological polar surface area (TPSA) is 73.9 Å². The number of amides is 1. The summed E-state index contributed by atoms with van der Waals surface area (Å²) >= 11 is 6.20. The van der Waals surface area contributed by atoms with E-state index in [0.717, 1.165) is 11.1 Å². The third kappa shape index (κ3) is 4.22. The lowest BCUT2D eigenvalue weighted by atomic mass is 10.0. The van der Waals surface area contributed by atoms with Crippen LogP contribution < -0.4 is 19.5 Å². The molecule has 1 aliphatic rings. The molecule has 0 aromatic heterocycles. The molecule has 0 fully saturated rings. The Morgan fingerprint density at radius 2 is 1.86 bits per heavy atom. The summed E-state index contributed by atoms with van der Waals surface area (Å²) in [4.78, 5) is 24.4. The number of nitrogens with one attached hydrogen (secondary N) is 1. The van der Waals surface area contributed by atoms with Gasteiger partial charge in [0.15, 0.2) is 23.9 Å². The number of aryl methyl sites for hydroxylation is 1.